The standard InChI is InChI=1S/C38H64O16/c1-11-24(10)17-30(42)50-35-34(46)32(44)25(18-47-27(39)13-12-20(2)3)49-37(35)54-38(53-31(43)16-23(8)9)36(51-29(41)15-22(6)7)33(45)26(52-38)19-48-28(40)14-21(4)5/h20-26,32-37,44-46H,11-19H2,1-10H3. The highest BCUT2D eigenvalue weighted by molar-refractivity contribution is 5.72. The topological polar surface area (TPSA) is 220 Å². The van der Waals surface area contributed by atoms with Crippen LogP contribution in [0.1, 0.15) is 114 Å². The van der Waals surface area contributed by atoms with Gasteiger partial charge in [0.15, 0.2) is 6.10 Å². The Morgan fingerprint density at radius 2 is 1.17 bits per heavy atom. The molecule has 10 atom stereocenters. The van der Waals surface area contributed by atoms with E-state index in [-0.39, 0.29) is 61.7 Å². The summed E-state index contributed by atoms with van der Waals surface area (Å²) in [6.45, 7) is 17.0. The van der Waals surface area contributed by atoms with E-state index in [1.54, 1.807) is 41.5 Å². The molecule has 16 heteroatoms. The largest absolute Gasteiger partial charge is 0.463 e. The van der Waals surface area contributed by atoms with E-state index in [2.05, 4.69) is 0 Å². The molecule has 0 bridgehead atoms. The number of esters is 5. The number of hydrogen-bond donors (Lipinski definition) is 3. The molecule has 2 aliphatic rings. The van der Waals surface area contributed by atoms with E-state index in [1.807, 2.05) is 27.7 Å². The van der Waals surface area contributed by atoms with Crippen molar-refractivity contribution in [1.29, 1.82) is 0 Å². The minimum absolute atomic E-state index is 0.0455. The average Bonchev–Trinajstić information content (AvgIpc) is 3.29. The Morgan fingerprint density at radius 3 is 1.74 bits per heavy atom. The molecule has 2 heterocycles. The Labute approximate surface area is 318 Å². The maximum absolute atomic E-state index is 13.4. The van der Waals surface area contributed by atoms with Gasteiger partial charge in [0.1, 0.15) is 43.7 Å². The summed E-state index contributed by atoms with van der Waals surface area (Å²) in [7, 11) is 0. The lowest BCUT2D eigenvalue weighted by Gasteiger charge is -2.44. The molecular formula is C38H64O16. The summed E-state index contributed by atoms with van der Waals surface area (Å²) in [5.74, 6) is -6.99. The number of aliphatic hydroxyl groups is 3. The molecule has 312 valence electrons. The normalized spacial score (nSPS) is 29.0. The van der Waals surface area contributed by atoms with Crippen molar-refractivity contribution in [3.8, 4) is 0 Å². The molecule has 0 spiro atoms. The van der Waals surface area contributed by atoms with Crippen molar-refractivity contribution in [3.63, 3.8) is 0 Å². The van der Waals surface area contributed by atoms with Crippen LogP contribution in [0, 0.1) is 29.6 Å². The van der Waals surface area contributed by atoms with Crippen LogP contribution in [0.5, 0.6) is 0 Å². The minimum atomic E-state index is -2.83. The van der Waals surface area contributed by atoms with E-state index in [9.17, 15) is 39.3 Å². The number of ether oxygens (including phenoxy) is 8. The molecule has 0 aromatic heterocycles. The molecule has 10 unspecified atom stereocenters. The fourth-order valence-electron chi connectivity index (χ4n) is 5.56. The molecule has 2 saturated heterocycles. The van der Waals surface area contributed by atoms with Crippen molar-refractivity contribution in [2.24, 2.45) is 29.6 Å². The summed E-state index contributed by atoms with van der Waals surface area (Å²) >= 11 is 0. The van der Waals surface area contributed by atoms with Crippen LogP contribution in [-0.4, -0.2) is 113 Å². The van der Waals surface area contributed by atoms with Crippen LogP contribution < -0.4 is 0 Å². The highest BCUT2D eigenvalue weighted by Crippen LogP contribution is 2.41. The van der Waals surface area contributed by atoms with Crippen molar-refractivity contribution in [2.45, 2.75) is 169 Å². The van der Waals surface area contributed by atoms with Crippen molar-refractivity contribution in [1.82, 2.24) is 0 Å². The summed E-state index contributed by atoms with van der Waals surface area (Å²) in [6.07, 6.45) is -13.3. The van der Waals surface area contributed by atoms with Crippen molar-refractivity contribution in [2.75, 3.05) is 13.2 Å². The third-order valence-electron chi connectivity index (χ3n) is 8.74. The monoisotopic (exact) mass is 776 g/mol. The van der Waals surface area contributed by atoms with E-state index in [0.29, 0.717) is 12.8 Å². The van der Waals surface area contributed by atoms with Crippen molar-refractivity contribution in [3.05, 3.63) is 0 Å². The average molecular weight is 777 g/mol. The highest BCUT2D eigenvalue weighted by Gasteiger charge is 2.65. The molecule has 54 heavy (non-hydrogen) atoms. The van der Waals surface area contributed by atoms with Crippen LogP contribution >= 0.6 is 0 Å². The minimum Gasteiger partial charge on any atom is -0.463 e. The van der Waals surface area contributed by atoms with Crippen molar-refractivity contribution >= 4 is 29.8 Å². The third kappa shape index (κ3) is 15.0. The highest BCUT2D eigenvalue weighted by atomic mass is 16.9. The summed E-state index contributed by atoms with van der Waals surface area (Å²) in [5, 5.41) is 34.1. The van der Waals surface area contributed by atoms with Gasteiger partial charge in [-0.1, -0.05) is 75.7 Å². The predicted molar refractivity (Wildman–Crippen MR) is 190 cm³/mol. The molecule has 0 aromatic rings. The second kappa shape index (κ2) is 22.0. The molecule has 2 rings (SSSR count). The lowest BCUT2D eigenvalue weighted by molar-refractivity contribution is -0.441. The lowest BCUT2D eigenvalue weighted by atomic mass is 9.98. The van der Waals surface area contributed by atoms with Crippen LogP contribution in [0.25, 0.3) is 0 Å². The molecule has 3 N–H and O–H groups in total. The van der Waals surface area contributed by atoms with Crippen LogP contribution in [-0.2, 0) is 61.9 Å². The number of aliphatic hydroxyl groups excluding tert-OH is 3. The van der Waals surface area contributed by atoms with Gasteiger partial charge in [-0.25, -0.2) is 0 Å². The van der Waals surface area contributed by atoms with Gasteiger partial charge >= 0.3 is 35.8 Å². The maximum atomic E-state index is 13.4. The summed E-state index contributed by atoms with van der Waals surface area (Å²) in [5.41, 5.74) is 0. The summed E-state index contributed by atoms with van der Waals surface area (Å²) < 4.78 is 46.0. The van der Waals surface area contributed by atoms with E-state index in [4.69, 9.17) is 37.9 Å². The van der Waals surface area contributed by atoms with Crippen LogP contribution in [0.4, 0.5) is 0 Å². The van der Waals surface area contributed by atoms with E-state index in [1.165, 1.54) is 0 Å². The number of rotatable bonds is 21. The first-order valence-electron chi connectivity index (χ1n) is 19.1. The molecule has 2 fully saturated rings. The first-order chi connectivity index (χ1) is 25.2. The van der Waals surface area contributed by atoms with E-state index >= 15 is 0 Å². The van der Waals surface area contributed by atoms with Gasteiger partial charge in [0, 0.05) is 32.1 Å². The number of hydrogen-bond acceptors (Lipinski definition) is 16. The second-order valence-electron chi connectivity index (χ2n) is 16.0. The zero-order valence-electron chi connectivity index (χ0n) is 33.5. The van der Waals surface area contributed by atoms with E-state index in [0.717, 1.165) is 0 Å². The Morgan fingerprint density at radius 1 is 0.630 bits per heavy atom. The first-order valence-corrected chi connectivity index (χ1v) is 19.1. The van der Waals surface area contributed by atoms with Crippen LogP contribution in [0.2, 0.25) is 0 Å². The SMILES string of the molecule is CCC(C)CC(=O)OC1C(OC2(OC(=O)CC(C)C)OC(COC(=O)CC(C)C)C(O)C2OC(=O)CC(C)C)OC(COC(=O)CCC(C)C)C(O)C1O. The zero-order valence-corrected chi connectivity index (χ0v) is 33.5. The fourth-order valence-corrected chi connectivity index (χ4v) is 5.56. The smallest absolute Gasteiger partial charge is 0.374 e. The predicted octanol–water partition coefficient (Wildman–Crippen LogP) is 3.33. The molecule has 0 radical (unpaired) electrons. The van der Waals surface area contributed by atoms with Gasteiger partial charge in [-0.2, -0.15) is 0 Å². The Bertz CT molecular complexity index is 1220. The van der Waals surface area contributed by atoms with Gasteiger partial charge in [0.2, 0.25) is 12.4 Å². The van der Waals surface area contributed by atoms with E-state index < -0.39 is 98.1 Å². The second-order valence-corrected chi connectivity index (χ2v) is 16.0. The molecule has 0 aromatic carbocycles. The van der Waals surface area contributed by atoms with Crippen molar-refractivity contribution < 1.29 is 77.2 Å². The van der Waals surface area contributed by atoms with Gasteiger partial charge in [-0.15, -0.1) is 0 Å². The Hall–Kier alpha value is -2.89. The van der Waals surface area contributed by atoms with Gasteiger partial charge in [0.05, 0.1) is 0 Å². The molecule has 0 saturated carbocycles. The van der Waals surface area contributed by atoms with Gasteiger partial charge in [-0.05, 0) is 36.0 Å². The fraction of sp³-hybridized carbons (Fsp3) is 0.868. The maximum Gasteiger partial charge on any atom is 0.374 e. The van der Waals surface area contributed by atoms with Gasteiger partial charge < -0.3 is 48.5 Å². The molecule has 16 nitrogen and oxygen atoms in total. The summed E-state index contributed by atoms with van der Waals surface area (Å²) in [6, 6.07) is 0. The first kappa shape index (κ1) is 47.3. The number of carbonyl (C=O) groups is 5. The molecular weight excluding hydrogens is 712 g/mol. The van der Waals surface area contributed by atoms with Crippen LogP contribution in [0.3, 0.4) is 0 Å². The quantitative estimate of drug-likeness (QED) is 0.0865. The van der Waals surface area contributed by atoms with Gasteiger partial charge in [-0.3, -0.25) is 28.7 Å². The Kier molecular flexibility index (Phi) is 19.3. The molecule has 2 aliphatic heterocycles. The molecule has 0 amide bonds. The number of carbonyl (C=O) groups excluding carboxylic acids is 5. The lowest BCUT2D eigenvalue weighted by Crippen LogP contribution is -2.64. The zero-order chi connectivity index (χ0) is 40.9. The third-order valence-corrected chi connectivity index (χ3v) is 8.74. The summed E-state index contributed by atoms with van der Waals surface area (Å²) in [4.78, 5) is 64.6. The Balaban J connectivity index is 2.64. The van der Waals surface area contributed by atoms with Gasteiger partial charge in [0.25, 0.3) is 0 Å². The molecule has 0 aliphatic carbocycles. The van der Waals surface area contributed by atoms with Crippen LogP contribution in [0.15, 0.2) is 0 Å².